The minimum absolute atomic E-state index is 0.781. The second-order valence-corrected chi connectivity index (χ2v) is 4.72. The Labute approximate surface area is 104 Å². The van der Waals surface area contributed by atoms with Crippen LogP contribution in [0.3, 0.4) is 0 Å². The van der Waals surface area contributed by atoms with Gasteiger partial charge in [0, 0.05) is 29.6 Å². The Hall–Kier alpha value is -0.430. The zero-order valence-electron chi connectivity index (χ0n) is 8.99. The van der Waals surface area contributed by atoms with Gasteiger partial charge in [-0.1, -0.05) is 6.42 Å². The van der Waals surface area contributed by atoms with Gasteiger partial charge >= 0.3 is 0 Å². The Morgan fingerprint density at radius 2 is 1.93 bits per heavy atom. The monoisotopic (exact) mass is 320 g/mol. The molecule has 0 unspecified atom stereocenters. The van der Waals surface area contributed by atoms with Crippen molar-refractivity contribution in [2.24, 2.45) is 5.73 Å². The lowest BCUT2D eigenvalue weighted by atomic mass is 10.2. The molecule has 0 aliphatic carbocycles. The second-order valence-electron chi connectivity index (χ2n) is 3.47. The van der Waals surface area contributed by atoms with E-state index in [-0.39, 0.29) is 0 Å². The van der Waals surface area contributed by atoms with Crippen molar-refractivity contribution < 1.29 is 0 Å². The van der Waals surface area contributed by atoms with Crippen molar-refractivity contribution in [2.75, 3.05) is 25.0 Å². The highest BCUT2D eigenvalue weighted by molar-refractivity contribution is 14.1. The lowest BCUT2D eigenvalue weighted by Gasteiger charge is -2.16. The molecule has 0 radical (unpaired) electrons. The molecule has 5 heteroatoms. The standard InChI is InChI=1S/C10H17IN4/c1-15(6-4-2-3-5-12)10-13-7-9(11)8-14-10/h7-8H,2-6,12H2,1H3. The van der Waals surface area contributed by atoms with Gasteiger partial charge in [0.25, 0.3) is 0 Å². The summed E-state index contributed by atoms with van der Waals surface area (Å²) in [6, 6.07) is 0. The van der Waals surface area contributed by atoms with Gasteiger partial charge in [-0.15, -0.1) is 0 Å². The number of halogens is 1. The van der Waals surface area contributed by atoms with Crippen molar-refractivity contribution in [3.63, 3.8) is 0 Å². The summed E-state index contributed by atoms with van der Waals surface area (Å²) in [5.74, 6) is 0.795. The van der Waals surface area contributed by atoms with Gasteiger partial charge in [0.1, 0.15) is 0 Å². The molecule has 0 aliphatic rings. The Balaban J connectivity index is 2.33. The molecule has 1 rings (SSSR count). The van der Waals surface area contributed by atoms with Crippen LogP contribution in [0.1, 0.15) is 19.3 Å². The SMILES string of the molecule is CN(CCCCCN)c1ncc(I)cn1. The predicted octanol–water partition coefficient (Wildman–Crippen LogP) is 1.65. The first-order valence-corrected chi connectivity index (χ1v) is 6.20. The van der Waals surface area contributed by atoms with Gasteiger partial charge in [-0.3, -0.25) is 0 Å². The summed E-state index contributed by atoms with van der Waals surface area (Å²) in [6.45, 7) is 1.77. The maximum atomic E-state index is 5.43. The molecule has 1 aromatic heterocycles. The van der Waals surface area contributed by atoms with Crippen LogP contribution in [0, 0.1) is 3.57 Å². The summed E-state index contributed by atoms with van der Waals surface area (Å²) in [6.07, 6.45) is 7.08. The van der Waals surface area contributed by atoms with Crippen molar-refractivity contribution in [1.82, 2.24) is 9.97 Å². The smallest absolute Gasteiger partial charge is 0.225 e. The molecule has 0 atom stereocenters. The average molecular weight is 320 g/mol. The van der Waals surface area contributed by atoms with Crippen LogP contribution in [-0.2, 0) is 0 Å². The lowest BCUT2D eigenvalue weighted by Crippen LogP contribution is -2.21. The Morgan fingerprint density at radius 3 is 2.53 bits per heavy atom. The maximum Gasteiger partial charge on any atom is 0.225 e. The van der Waals surface area contributed by atoms with E-state index in [2.05, 4.69) is 37.5 Å². The number of nitrogens with two attached hydrogens (primary N) is 1. The van der Waals surface area contributed by atoms with Crippen LogP contribution in [0.25, 0.3) is 0 Å². The van der Waals surface area contributed by atoms with Gasteiger partial charge < -0.3 is 10.6 Å². The molecule has 0 aromatic carbocycles. The van der Waals surface area contributed by atoms with E-state index in [1.807, 2.05) is 19.4 Å². The highest BCUT2D eigenvalue weighted by atomic mass is 127. The number of nitrogens with zero attached hydrogens (tertiary/aromatic N) is 3. The quantitative estimate of drug-likeness (QED) is 0.640. The van der Waals surface area contributed by atoms with E-state index >= 15 is 0 Å². The molecule has 1 aromatic rings. The molecular formula is C10H17IN4. The fraction of sp³-hybridized carbons (Fsp3) is 0.600. The molecule has 0 bridgehead atoms. The van der Waals surface area contributed by atoms with Gasteiger partial charge in [-0.25, -0.2) is 9.97 Å². The molecule has 0 saturated heterocycles. The number of anilines is 1. The third kappa shape index (κ3) is 4.74. The summed E-state index contributed by atoms with van der Waals surface area (Å²) in [7, 11) is 2.02. The topological polar surface area (TPSA) is 55.0 Å². The van der Waals surface area contributed by atoms with Crippen LogP contribution < -0.4 is 10.6 Å². The first-order valence-electron chi connectivity index (χ1n) is 5.13. The number of hydrogen-bond donors (Lipinski definition) is 1. The van der Waals surface area contributed by atoms with Crippen molar-refractivity contribution in [3.8, 4) is 0 Å². The van der Waals surface area contributed by atoms with Gasteiger partial charge in [-0.05, 0) is 42.0 Å². The fourth-order valence-electron chi connectivity index (χ4n) is 1.27. The molecule has 0 aliphatic heterocycles. The van der Waals surface area contributed by atoms with E-state index < -0.39 is 0 Å². The van der Waals surface area contributed by atoms with Crippen LogP contribution >= 0.6 is 22.6 Å². The summed E-state index contributed by atoms with van der Waals surface area (Å²) < 4.78 is 1.06. The van der Waals surface area contributed by atoms with E-state index in [9.17, 15) is 0 Å². The molecule has 1 heterocycles. The van der Waals surface area contributed by atoms with Gasteiger partial charge in [0.05, 0.1) is 0 Å². The second kappa shape index (κ2) is 6.95. The largest absolute Gasteiger partial charge is 0.344 e. The van der Waals surface area contributed by atoms with Crippen molar-refractivity contribution in [2.45, 2.75) is 19.3 Å². The summed E-state index contributed by atoms with van der Waals surface area (Å²) in [4.78, 5) is 10.6. The van der Waals surface area contributed by atoms with Crippen LogP contribution in [0.15, 0.2) is 12.4 Å². The van der Waals surface area contributed by atoms with Crippen LogP contribution in [-0.4, -0.2) is 30.1 Å². The molecule has 84 valence electrons. The molecule has 0 spiro atoms. The number of aromatic nitrogens is 2. The highest BCUT2D eigenvalue weighted by Crippen LogP contribution is 2.07. The lowest BCUT2D eigenvalue weighted by molar-refractivity contribution is 0.672. The Kier molecular flexibility index (Phi) is 5.85. The third-order valence-electron chi connectivity index (χ3n) is 2.15. The predicted molar refractivity (Wildman–Crippen MR) is 70.9 cm³/mol. The zero-order valence-corrected chi connectivity index (χ0v) is 11.1. The molecular weight excluding hydrogens is 303 g/mol. The average Bonchev–Trinajstić information content (AvgIpc) is 2.25. The van der Waals surface area contributed by atoms with E-state index in [4.69, 9.17) is 5.73 Å². The molecule has 2 N–H and O–H groups in total. The van der Waals surface area contributed by atoms with E-state index in [0.717, 1.165) is 35.4 Å². The number of hydrogen-bond acceptors (Lipinski definition) is 4. The van der Waals surface area contributed by atoms with E-state index in [1.165, 1.54) is 6.42 Å². The molecule has 15 heavy (non-hydrogen) atoms. The fourth-order valence-corrected chi connectivity index (χ4v) is 1.55. The van der Waals surface area contributed by atoms with E-state index in [1.54, 1.807) is 0 Å². The first kappa shape index (κ1) is 12.6. The minimum Gasteiger partial charge on any atom is -0.344 e. The zero-order chi connectivity index (χ0) is 11.1. The van der Waals surface area contributed by atoms with E-state index in [0.29, 0.717) is 0 Å². The first-order chi connectivity index (χ1) is 7.24. The van der Waals surface area contributed by atoms with Gasteiger partial charge in [0.2, 0.25) is 5.95 Å². The normalized spacial score (nSPS) is 10.3. The van der Waals surface area contributed by atoms with Gasteiger partial charge in [0.15, 0.2) is 0 Å². The van der Waals surface area contributed by atoms with Crippen LogP contribution in [0.4, 0.5) is 5.95 Å². The van der Waals surface area contributed by atoms with Crippen LogP contribution in [0.5, 0.6) is 0 Å². The summed E-state index contributed by atoms with van der Waals surface area (Å²) >= 11 is 2.20. The van der Waals surface area contributed by atoms with Gasteiger partial charge in [-0.2, -0.15) is 0 Å². The number of unbranched alkanes of at least 4 members (excludes halogenated alkanes) is 2. The Bertz CT molecular complexity index is 275. The van der Waals surface area contributed by atoms with Crippen molar-refractivity contribution >= 4 is 28.5 Å². The minimum atomic E-state index is 0.781. The Morgan fingerprint density at radius 1 is 1.27 bits per heavy atom. The maximum absolute atomic E-state index is 5.43. The van der Waals surface area contributed by atoms with Crippen molar-refractivity contribution in [3.05, 3.63) is 16.0 Å². The van der Waals surface area contributed by atoms with Crippen LogP contribution in [0.2, 0.25) is 0 Å². The molecule has 4 nitrogen and oxygen atoms in total. The van der Waals surface area contributed by atoms with Crippen molar-refractivity contribution in [1.29, 1.82) is 0 Å². The highest BCUT2D eigenvalue weighted by Gasteiger charge is 2.02. The summed E-state index contributed by atoms with van der Waals surface area (Å²) in [5, 5.41) is 0. The number of rotatable bonds is 6. The summed E-state index contributed by atoms with van der Waals surface area (Å²) in [5.41, 5.74) is 5.43. The molecule has 0 saturated carbocycles. The molecule has 0 fully saturated rings. The molecule has 0 amide bonds. The third-order valence-corrected chi connectivity index (χ3v) is 2.70.